The number of urea groups is 1. The molecule has 0 aliphatic carbocycles. The minimum absolute atomic E-state index is 0.0135. The molecule has 2 heterocycles. The molecule has 6 nitrogen and oxygen atoms in total. The van der Waals surface area contributed by atoms with Gasteiger partial charge < -0.3 is 16.0 Å². The van der Waals surface area contributed by atoms with Gasteiger partial charge in [-0.15, -0.1) is 0 Å². The normalized spacial score (nSPS) is 13.4. The van der Waals surface area contributed by atoms with E-state index in [-0.39, 0.29) is 24.1 Å². The van der Waals surface area contributed by atoms with Gasteiger partial charge in [0.2, 0.25) is 5.95 Å². The first-order valence-corrected chi connectivity index (χ1v) is 10.7. The van der Waals surface area contributed by atoms with Crippen LogP contribution in [0.2, 0.25) is 0 Å². The van der Waals surface area contributed by atoms with Crippen LogP contribution in [0.4, 0.5) is 19.5 Å². The topological polar surface area (TPSA) is 84.1 Å². The first kappa shape index (κ1) is 28.8. The molecule has 0 spiro atoms. The summed E-state index contributed by atoms with van der Waals surface area (Å²) in [7, 11) is 0. The van der Waals surface area contributed by atoms with Gasteiger partial charge in [-0.3, -0.25) is 0 Å². The number of amides is 2. The van der Waals surface area contributed by atoms with Crippen LogP contribution in [0.5, 0.6) is 0 Å². The van der Waals surface area contributed by atoms with E-state index in [0.29, 0.717) is 27.6 Å². The van der Waals surface area contributed by atoms with E-state index < -0.39 is 18.5 Å². The molecular weight excluding hydrogens is 447 g/mol. The van der Waals surface area contributed by atoms with Gasteiger partial charge in [0.25, 0.3) is 5.92 Å². The number of carbonyl (C=O) groups is 1. The number of rotatable bonds is 5. The SMILES string of the molecule is C=C(Cl)/C=C(Cl)\C(=C/C)c1nc(N)nc2c1CN(C(=O)NCC(C)(F)F)C2.CC.CC. The first-order chi connectivity index (χ1) is 14.5. The lowest BCUT2D eigenvalue weighted by molar-refractivity contribution is 0.0239. The molecule has 3 N–H and O–H groups in total. The molecule has 2 rings (SSSR count). The number of fused-ring (bicyclic) bond motifs is 1. The maximum Gasteiger partial charge on any atom is 0.318 e. The largest absolute Gasteiger partial charge is 0.368 e. The number of anilines is 1. The van der Waals surface area contributed by atoms with Crippen molar-refractivity contribution in [3.8, 4) is 0 Å². The molecular formula is C21H31Cl2F2N5O. The van der Waals surface area contributed by atoms with Crippen molar-refractivity contribution < 1.29 is 13.6 Å². The smallest absolute Gasteiger partial charge is 0.318 e. The molecule has 1 aromatic rings. The molecule has 2 amide bonds. The molecule has 1 aliphatic rings. The molecule has 1 aromatic heterocycles. The van der Waals surface area contributed by atoms with Crippen molar-refractivity contribution >= 4 is 40.8 Å². The molecule has 10 heteroatoms. The van der Waals surface area contributed by atoms with Crippen molar-refractivity contribution in [1.29, 1.82) is 0 Å². The summed E-state index contributed by atoms with van der Waals surface area (Å²) in [5.41, 5.74) is 7.96. The zero-order chi connectivity index (χ0) is 24.4. The number of carbonyl (C=O) groups excluding carboxylic acids is 1. The first-order valence-electron chi connectivity index (χ1n) is 9.96. The van der Waals surface area contributed by atoms with Gasteiger partial charge in [-0.25, -0.2) is 23.5 Å². The highest BCUT2D eigenvalue weighted by molar-refractivity contribution is 6.39. The number of nitrogen functional groups attached to an aromatic ring is 1. The average Bonchev–Trinajstić information content (AvgIpc) is 3.12. The standard InChI is InChI=1S/C17H19Cl2F2N5O.2C2H6/c1-4-10(12(19)5-9(2)18)14-11-6-26(7-13(11)24-15(22)25-14)16(27)23-8-17(3,20)21;2*1-2/h4-5H,2,6-8H2,1,3H3,(H,23,27)(H2,22,24,25);2*1-2H3/b10-4+,12-5+;;. The second kappa shape index (κ2) is 13.3. The van der Waals surface area contributed by atoms with Crippen molar-refractivity contribution in [3.63, 3.8) is 0 Å². The summed E-state index contributed by atoms with van der Waals surface area (Å²) in [4.78, 5) is 21.9. The lowest BCUT2D eigenvalue weighted by atomic mass is 10.0. The number of nitrogens with two attached hydrogens (primary N) is 1. The van der Waals surface area contributed by atoms with Crippen molar-refractivity contribution in [2.45, 2.75) is 60.6 Å². The van der Waals surface area contributed by atoms with Crippen LogP contribution < -0.4 is 11.1 Å². The highest BCUT2D eigenvalue weighted by atomic mass is 35.5. The monoisotopic (exact) mass is 477 g/mol. The Morgan fingerprint density at radius 2 is 1.84 bits per heavy atom. The maximum absolute atomic E-state index is 13.0. The van der Waals surface area contributed by atoms with E-state index in [9.17, 15) is 13.6 Å². The van der Waals surface area contributed by atoms with Gasteiger partial charge in [-0.05, 0) is 13.0 Å². The highest BCUT2D eigenvalue weighted by Gasteiger charge is 2.31. The van der Waals surface area contributed by atoms with Gasteiger partial charge in [-0.2, -0.15) is 0 Å². The highest BCUT2D eigenvalue weighted by Crippen LogP contribution is 2.34. The third-order valence-corrected chi connectivity index (χ3v) is 4.14. The number of nitrogens with zero attached hydrogens (tertiary/aromatic N) is 3. The van der Waals surface area contributed by atoms with Crippen LogP contribution in [0.3, 0.4) is 0 Å². The Hall–Kier alpha value is -2.19. The fraction of sp³-hybridized carbons (Fsp3) is 0.476. The van der Waals surface area contributed by atoms with Gasteiger partial charge in [0.05, 0.1) is 36.1 Å². The van der Waals surface area contributed by atoms with E-state index in [4.69, 9.17) is 28.9 Å². The van der Waals surface area contributed by atoms with E-state index in [1.165, 1.54) is 11.0 Å². The predicted octanol–water partition coefficient (Wildman–Crippen LogP) is 6.07. The summed E-state index contributed by atoms with van der Waals surface area (Å²) >= 11 is 12.1. The van der Waals surface area contributed by atoms with Crippen molar-refractivity contribution in [2.75, 3.05) is 12.3 Å². The quantitative estimate of drug-likeness (QED) is 0.503. The molecule has 0 bridgehead atoms. The Balaban J connectivity index is 0.00000212. The van der Waals surface area contributed by atoms with E-state index in [1.807, 2.05) is 27.7 Å². The van der Waals surface area contributed by atoms with Crippen LogP contribution in [-0.2, 0) is 13.1 Å². The zero-order valence-electron chi connectivity index (χ0n) is 18.8. The maximum atomic E-state index is 13.0. The lowest BCUT2D eigenvalue weighted by Crippen LogP contribution is -2.41. The molecule has 0 radical (unpaired) electrons. The molecule has 0 unspecified atom stereocenters. The Kier molecular flexibility index (Phi) is 12.3. The number of alkyl halides is 2. The minimum Gasteiger partial charge on any atom is -0.368 e. The fourth-order valence-electron chi connectivity index (χ4n) is 2.59. The molecule has 0 saturated carbocycles. The summed E-state index contributed by atoms with van der Waals surface area (Å²) in [5.74, 6) is -2.99. The van der Waals surface area contributed by atoms with Crippen LogP contribution in [0, 0.1) is 0 Å². The summed E-state index contributed by atoms with van der Waals surface area (Å²) in [5, 5.41) is 2.74. The van der Waals surface area contributed by atoms with Gasteiger partial charge in [0.1, 0.15) is 0 Å². The van der Waals surface area contributed by atoms with Crippen molar-refractivity contribution in [2.24, 2.45) is 0 Å². The summed E-state index contributed by atoms with van der Waals surface area (Å²) in [6.07, 6.45) is 3.19. The molecule has 0 aromatic carbocycles. The number of hydrogen-bond donors (Lipinski definition) is 2. The Bertz CT molecular complexity index is 836. The van der Waals surface area contributed by atoms with Gasteiger partial charge >= 0.3 is 6.03 Å². The molecule has 0 atom stereocenters. The predicted molar refractivity (Wildman–Crippen MR) is 125 cm³/mol. The molecule has 174 valence electrons. The van der Waals surface area contributed by atoms with Gasteiger partial charge in [0, 0.05) is 23.1 Å². The van der Waals surface area contributed by atoms with Crippen LogP contribution >= 0.6 is 23.2 Å². The second-order valence-corrected chi connectivity index (χ2v) is 6.97. The molecule has 1 aliphatic heterocycles. The van der Waals surface area contributed by atoms with E-state index in [1.54, 1.807) is 13.0 Å². The van der Waals surface area contributed by atoms with Crippen molar-refractivity contribution in [1.82, 2.24) is 20.2 Å². The van der Waals surface area contributed by atoms with Crippen LogP contribution in [0.1, 0.15) is 58.5 Å². The van der Waals surface area contributed by atoms with Crippen molar-refractivity contribution in [3.05, 3.63) is 45.7 Å². The lowest BCUT2D eigenvalue weighted by Gasteiger charge is -2.18. The van der Waals surface area contributed by atoms with Gasteiger partial charge in [0.15, 0.2) is 0 Å². The van der Waals surface area contributed by atoms with E-state index in [2.05, 4.69) is 21.9 Å². The van der Waals surface area contributed by atoms with Crippen LogP contribution in [0.25, 0.3) is 5.57 Å². The minimum atomic E-state index is -3.00. The third kappa shape index (κ3) is 8.83. The summed E-state index contributed by atoms with van der Waals surface area (Å²) in [6, 6.07) is -0.628. The number of hydrogen-bond acceptors (Lipinski definition) is 4. The van der Waals surface area contributed by atoms with Gasteiger partial charge in [-0.1, -0.05) is 63.6 Å². The van der Waals surface area contributed by atoms with Crippen LogP contribution in [0.15, 0.2) is 28.8 Å². The Morgan fingerprint density at radius 1 is 1.26 bits per heavy atom. The zero-order valence-corrected chi connectivity index (χ0v) is 20.3. The Morgan fingerprint density at radius 3 is 2.32 bits per heavy atom. The number of nitrogens with one attached hydrogen (secondary N) is 1. The van der Waals surface area contributed by atoms with E-state index >= 15 is 0 Å². The van der Waals surface area contributed by atoms with E-state index in [0.717, 1.165) is 6.92 Å². The Labute approximate surface area is 193 Å². The molecule has 0 saturated heterocycles. The van der Waals surface area contributed by atoms with Crippen LogP contribution in [-0.4, -0.2) is 33.4 Å². The second-order valence-electron chi connectivity index (χ2n) is 6.08. The average molecular weight is 478 g/mol. The fourth-order valence-corrected chi connectivity index (χ4v) is 3.08. The third-order valence-electron chi connectivity index (χ3n) is 3.72. The number of allylic oxidation sites excluding steroid dienone is 5. The summed E-state index contributed by atoms with van der Waals surface area (Å²) in [6.45, 7) is 13.6. The summed E-state index contributed by atoms with van der Waals surface area (Å²) < 4.78 is 26.0. The molecule has 0 fully saturated rings. The molecule has 31 heavy (non-hydrogen) atoms. The number of aromatic nitrogens is 2. The number of halogens is 4.